The molecule has 10 aromatic carbocycles. The van der Waals surface area contributed by atoms with Crippen LogP contribution in [0, 0.1) is 0 Å². The molecule has 1 aliphatic carbocycles. The third-order valence-electron chi connectivity index (χ3n) is 12.8. The molecule has 1 aliphatic rings. The van der Waals surface area contributed by atoms with Crippen LogP contribution >= 0.6 is 0 Å². The molecule has 2 aromatic heterocycles. The summed E-state index contributed by atoms with van der Waals surface area (Å²) in [5.41, 5.74) is 15.5. The highest BCUT2D eigenvalue weighted by Gasteiger charge is 2.28. The monoisotopic (exact) mass is 800 g/mol. The van der Waals surface area contributed by atoms with Crippen molar-refractivity contribution < 1.29 is 0 Å². The van der Waals surface area contributed by atoms with Crippen molar-refractivity contribution in [3.8, 4) is 84.4 Å². The molecule has 0 saturated carbocycles. The van der Waals surface area contributed by atoms with Crippen molar-refractivity contribution in [3.05, 3.63) is 218 Å². The Bertz CT molecular complexity index is 3650. The van der Waals surface area contributed by atoms with Gasteiger partial charge in [0.05, 0.1) is 11.0 Å². The summed E-state index contributed by atoms with van der Waals surface area (Å²) in [5.74, 6) is 1.87. The maximum atomic E-state index is 5.43. The molecule has 2 heterocycles. The lowest BCUT2D eigenvalue weighted by atomic mass is 9.96. The van der Waals surface area contributed by atoms with Crippen LogP contribution in [0.4, 0.5) is 0 Å². The summed E-state index contributed by atoms with van der Waals surface area (Å²) in [6.45, 7) is 0. The van der Waals surface area contributed by atoms with Crippen molar-refractivity contribution in [2.75, 3.05) is 0 Å². The first-order chi connectivity index (χ1) is 31.2. The zero-order chi connectivity index (χ0) is 41.4. The summed E-state index contributed by atoms with van der Waals surface area (Å²) < 4.78 is 2.43. The van der Waals surface area contributed by atoms with Gasteiger partial charge in [0.2, 0.25) is 0 Å². The molecular formula is C59H36N4. The van der Waals surface area contributed by atoms with Crippen LogP contribution in [0.1, 0.15) is 0 Å². The SMILES string of the molecule is c1ccc(-c2ccc(-c3nc(-c4ccc(-c5ccccc5)cc4)nc(-c4cc(-n5c6ccccc6c6cc7ccccc7cc65)cc5c4-c4cccc6cccc-5c46)n3)cc2)cc1. The molecule has 13 rings (SSSR count). The Morgan fingerprint density at radius 2 is 0.778 bits per heavy atom. The molecule has 0 N–H and O–H groups in total. The maximum absolute atomic E-state index is 5.43. The lowest BCUT2D eigenvalue weighted by molar-refractivity contribution is 1.07. The maximum Gasteiger partial charge on any atom is 0.164 e. The van der Waals surface area contributed by atoms with E-state index in [0.29, 0.717) is 17.5 Å². The van der Waals surface area contributed by atoms with Crippen LogP contribution in [-0.2, 0) is 0 Å². The molecule has 0 amide bonds. The Morgan fingerprint density at radius 1 is 0.286 bits per heavy atom. The number of hydrogen-bond donors (Lipinski definition) is 0. The number of nitrogens with zero attached hydrogens (tertiary/aromatic N) is 4. The van der Waals surface area contributed by atoms with Gasteiger partial charge in [-0.3, -0.25) is 0 Å². The topological polar surface area (TPSA) is 43.6 Å². The molecule has 292 valence electrons. The molecule has 0 atom stereocenters. The normalized spacial score (nSPS) is 11.8. The van der Waals surface area contributed by atoms with Crippen molar-refractivity contribution in [3.63, 3.8) is 0 Å². The van der Waals surface area contributed by atoms with Gasteiger partial charge in [0.1, 0.15) is 0 Å². The first-order valence-corrected chi connectivity index (χ1v) is 21.4. The lowest BCUT2D eigenvalue weighted by Crippen LogP contribution is -2.03. The van der Waals surface area contributed by atoms with E-state index in [1.165, 1.54) is 60.1 Å². The molecule has 0 saturated heterocycles. The van der Waals surface area contributed by atoms with Gasteiger partial charge in [-0.2, -0.15) is 0 Å². The average Bonchev–Trinajstić information content (AvgIpc) is 3.86. The van der Waals surface area contributed by atoms with Crippen LogP contribution in [0.15, 0.2) is 218 Å². The van der Waals surface area contributed by atoms with E-state index >= 15 is 0 Å². The van der Waals surface area contributed by atoms with Crippen LogP contribution in [0.2, 0.25) is 0 Å². The minimum absolute atomic E-state index is 0.623. The van der Waals surface area contributed by atoms with Gasteiger partial charge in [-0.25, -0.2) is 15.0 Å². The Labute approximate surface area is 364 Å². The summed E-state index contributed by atoms with van der Waals surface area (Å²) >= 11 is 0. The van der Waals surface area contributed by atoms with Gasteiger partial charge in [-0.15, -0.1) is 0 Å². The Balaban J connectivity index is 1.08. The number of rotatable bonds is 6. The zero-order valence-electron chi connectivity index (χ0n) is 34.1. The minimum atomic E-state index is 0.623. The number of hydrogen-bond acceptors (Lipinski definition) is 3. The van der Waals surface area contributed by atoms with Crippen LogP contribution in [-0.4, -0.2) is 19.5 Å². The van der Waals surface area contributed by atoms with E-state index in [1.807, 2.05) is 12.1 Å². The van der Waals surface area contributed by atoms with E-state index in [2.05, 4.69) is 211 Å². The fraction of sp³-hybridized carbons (Fsp3) is 0. The van der Waals surface area contributed by atoms with Crippen LogP contribution in [0.3, 0.4) is 0 Å². The third-order valence-corrected chi connectivity index (χ3v) is 12.8. The van der Waals surface area contributed by atoms with Crippen LogP contribution in [0.25, 0.3) is 128 Å². The van der Waals surface area contributed by atoms with Gasteiger partial charge < -0.3 is 4.57 Å². The van der Waals surface area contributed by atoms with Gasteiger partial charge in [0.25, 0.3) is 0 Å². The van der Waals surface area contributed by atoms with E-state index < -0.39 is 0 Å². The van der Waals surface area contributed by atoms with E-state index in [4.69, 9.17) is 15.0 Å². The molecule has 4 nitrogen and oxygen atoms in total. The first-order valence-electron chi connectivity index (χ1n) is 21.4. The van der Waals surface area contributed by atoms with Crippen molar-refractivity contribution in [1.29, 1.82) is 0 Å². The molecule has 0 bridgehead atoms. The van der Waals surface area contributed by atoms with E-state index in [9.17, 15) is 0 Å². The fourth-order valence-electron chi connectivity index (χ4n) is 9.78. The highest BCUT2D eigenvalue weighted by atomic mass is 15.0. The van der Waals surface area contributed by atoms with Gasteiger partial charge in [0.15, 0.2) is 17.5 Å². The van der Waals surface area contributed by atoms with Crippen molar-refractivity contribution in [1.82, 2.24) is 19.5 Å². The smallest absolute Gasteiger partial charge is 0.164 e. The fourth-order valence-corrected chi connectivity index (χ4v) is 9.78. The minimum Gasteiger partial charge on any atom is -0.309 e. The number of aromatic nitrogens is 4. The van der Waals surface area contributed by atoms with Gasteiger partial charge in [-0.1, -0.05) is 188 Å². The van der Waals surface area contributed by atoms with E-state index in [0.717, 1.165) is 50.1 Å². The quantitative estimate of drug-likeness (QED) is 0.168. The van der Waals surface area contributed by atoms with Crippen LogP contribution < -0.4 is 0 Å². The second-order valence-electron chi connectivity index (χ2n) is 16.4. The van der Waals surface area contributed by atoms with Crippen molar-refractivity contribution >= 4 is 43.4 Å². The Morgan fingerprint density at radius 3 is 1.43 bits per heavy atom. The number of benzene rings is 10. The molecule has 0 aliphatic heterocycles. The second kappa shape index (κ2) is 14.1. The standard InChI is InChI=1S/C59H36N4/c1-3-13-37(14-4-1)39-25-29-42(30-26-39)57-60-58(43-31-27-40(28-32-43)38-15-5-2-6-16-38)62-59(61-57)52-36-46(35-51-48-22-11-19-41-20-12-23-49(55(41)48)56(51)52)63-53-24-10-9-21-47(53)50-33-44-17-7-8-18-45(44)34-54(50)63/h1-36H. The summed E-state index contributed by atoms with van der Waals surface area (Å²) in [4.78, 5) is 16.1. The largest absolute Gasteiger partial charge is 0.309 e. The van der Waals surface area contributed by atoms with Gasteiger partial charge in [0, 0.05) is 38.7 Å². The van der Waals surface area contributed by atoms with Crippen molar-refractivity contribution in [2.45, 2.75) is 0 Å². The second-order valence-corrected chi connectivity index (χ2v) is 16.4. The van der Waals surface area contributed by atoms with Crippen LogP contribution in [0.5, 0.6) is 0 Å². The molecule has 12 aromatic rings. The summed E-state index contributed by atoms with van der Waals surface area (Å²) in [7, 11) is 0. The lowest BCUT2D eigenvalue weighted by Gasteiger charge is -2.17. The first kappa shape index (κ1) is 35.3. The highest BCUT2D eigenvalue weighted by Crippen LogP contribution is 2.52. The van der Waals surface area contributed by atoms with Crippen molar-refractivity contribution in [2.24, 2.45) is 0 Å². The van der Waals surface area contributed by atoms with E-state index in [-0.39, 0.29) is 0 Å². The number of para-hydroxylation sites is 1. The molecule has 0 radical (unpaired) electrons. The zero-order valence-corrected chi connectivity index (χ0v) is 34.1. The third kappa shape index (κ3) is 5.73. The molecular weight excluding hydrogens is 765 g/mol. The molecule has 63 heavy (non-hydrogen) atoms. The highest BCUT2D eigenvalue weighted by molar-refractivity contribution is 6.19. The predicted octanol–water partition coefficient (Wildman–Crippen LogP) is 15.3. The van der Waals surface area contributed by atoms with E-state index in [1.54, 1.807) is 0 Å². The average molecular weight is 801 g/mol. The molecule has 4 heteroatoms. The summed E-state index contributed by atoms with van der Waals surface area (Å²) in [5, 5.41) is 7.34. The molecule has 0 unspecified atom stereocenters. The Hall–Kier alpha value is -8.47. The number of fused-ring (bicyclic) bond motifs is 7. The Kier molecular flexibility index (Phi) is 7.87. The summed E-state index contributed by atoms with van der Waals surface area (Å²) in [6, 6.07) is 78.1. The van der Waals surface area contributed by atoms with Gasteiger partial charge >= 0.3 is 0 Å². The summed E-state index contributed by atoms with van der Waals surface area (Å²) in [6.07, 6.45) is 0. The molecule has 0 spiro atoms. The van der Waals surface area contributed by atoms with Gasteiger partial charge in [-0.05, 0) is 90.8 Å². The molecule has 0 fully saturated rings. The predicted molar refractivity (Wildman–Crippen MR) is 261 cm³/mol.